The Labute approximate surface area is 125 Å². The molecule has 3 rings (SSSR count). The number of fused-ring (bicyclic) bond motifs is 2. The number of nitrogens with zero attached hydrogens (tertiary/aromatic N) is 3. The maximum absolute atomic E-state index is 11.4. The number of hydrogen-bond acceptors (Lipinski definition) is 5. The lowest BCUT2D eigenvalue weighted by atomic mass is 10.1. The molecule has 1 aromatic heterocycles. The zero-order valence-electron chi connectivity index (χ0n) is 12.8. The minimum atomic E-state index is -0.331. The molecule has 0 radical (unpaired) electrons. The van der Waals surface area contributed by atoms with Gasteiger partial charge in [0.2, 0.25) is 0 Å². The van der Waals surface area contributed by atoms with E-state index in [1.807, 2.05) is 6.07 Å². The Kier molecular flexibility index (Phi) is 4.22. The lowest BCUT2D eigenvalue weighted by Gasteiger charge is -2.25. The van der Waals surface area contributed by atoms with Crippen LogP contribution in [-0.2, 0) is 11.3 Å². The van der Waals surface area contributed by atoms with Gasteiger partial charge in [-0.1, -0.05) is 0 Å². The topological polar surface area (TPSA) is 45.7 Å². The van der Waals surface area contributed by atoms with Gasteiger partial charge in [-0.25, -0.2) is 4.79 Å². The van der Waals surface area contributed by atoms with Gasteiger partial charge in [0.1, 0.15) is 0 Å². The molecule has 2 saturated heterocycles. The van der Waals surface area contributed by atoms with Crippen molar-refractivity contribution in [3.05, 3.63) is 29.6 Å². The largest absolute Gasteiger partial charge is 0.465 e. The second-order valence-electron chi connectivity index (χ2n) is 6.10. The third-order valence-corrected chi connectivity index (χ3v) is 4.86. The molecule has 0 spiro atoms. The minimum absolute atomic E-state index is 0.331. The third kappa shape index (κ3) is 3.09. The summed E-state index contributed by atoms with van der Waals surface area (Å²) < 4.78 is 4.69. The Morgan fingerprint density at radius 3 is 2.86 bits per heavy atom. The fourth-order valence-corrected chi connectivity index (χ4v) is 3.51. The Morgan fingerprint density at radius 1 is 1.33 bits per heavy atom. The normalized spacial score (nSPS) is 26.6. The van der Waals surface area contributed by atoms with Crippen LogP contribution in [0.4, 0.5) is 0 Å². The number of methoxy groups -OCH3 is 1. The van der Waals surface area contributed by atoms with E-state index in [1.54, 1.807) is 12.3 Å². The van der Waals surface area contributed by atoms with E-state index in [4.69, 9.17) is 4.74 Å². The van der Waals surface area contributed by atoms with Gasteiger partial charge in [-0.15, -0.1) is 0 Å². The number of likely N-dealkylation sites (N-methyl/N-ethyl adjacent to an activating group) is 1. The van der Waals surface area contributed by atoms with Crippen molar-refractivity contribution in [2.75, 3.05) is 27.2 Å². The summed E-state index contributed by atoms with van der Waals surface area (Å²) in [6.07, 6.45) is 5.51. The van der Waals surface area contributed by atoms with Crippen LogP contribution in [0.15, 0.2) is 18.3 Å². The van der Waals surface area contributed by atoms with Crippen molar-refractivity contribution in [2.24, 2.45) is 0 Å². The molecular weight excluding hydrogens is 266 g/mol. The number of likely N-dealkylation sites (tertiary alicyclic amines) is 1. The quantitative estimate of drug-likeness (QED) is 0.790. The van der Waals surface area contributed by atoms with Crippen LogP contribution >= 0.6 is 0 Å². The van der Waals surface area contributed by atoms with Crippen LogP contribution in [0.5, 0.6) is 0 Å². The smallest absolute Gasteiger partial charge is 0.339 e. The molecule has 2 atom stereocenters. The van der Waals surface area contributed by atoms with Crippen molar-refractivity contribution >= 4 is 5.97 Å². The maximum Gasteiger partial charge on any atom is 0.339 e. The van der Waals surface area contributed by atoms with E-state index < -0.39 is 0 Å². The molecule has 5 heteroatoms. The average molecular weight is 289 g/mol. The van der Waals surface area contributed by atoms with E-state index >= 15 is 0 Å². The van der Waals surface area contributed by atoms with Crippen LogP contribution in [-0.4, -0.2) is 60.1 Å². The number of rotatable bonds is 3. The standard InChI is InChI=1S/C16H23N3O2/c1-18-14-5-6-15(18)11-19(8-7-14)10-13-4-3-12(9-17-13)16(20)21-2/h3-4,9,14-15H,5-8,10-11H2,1-2H3. The molecule has 0 saturated carbocycles. The van der Waals surface area contributed by atoms with Crippen LogP contribution < -0.4 is 0 Å². The first-order chi connectivity index (χ1) is 10.2. The summed E-state index contributed by atoms with van der Waals surface area (Å²) in [4.78, 5) is 20.8. The van der Waals surface area contributed by atoms with Crippen LogP contribution in [0.25, 0.3) is 0 Å². The molecule has 21 heavy (non-hydrogen) atoms. The summed E-state index contributed by atoms with van der Waals surface area (Å²) in [7, 11) is 3.65. The van der Waals surface area contributed by atoms with Gasteiger partial charge in [-0.2, -0.15) is 0 Å². The highest BCUT2D eigenvalue weighted by molar-refractivity contribution is 5.88. The predicted octanol–water partition coefficient (Wildman–Crippen LogP) is 1.54. The van der Waals surface area contributed by atoms with Gasteiger partial charge < -0.3 is 4.74 Å². The lowest BCUT2D eigenvalue weighted by Crippen LogP contribution is -2.36. The SMILES string of the molecule is COC(=O)c1ccc(CN2CCC3CCC(C2)N3C)nc1. The van der Waals surface area contributed by atoms with Crippen LogP contribution in [0.3, 0.4) is 0 Å². The highest BCUT2D eigenvalue weighted by Gasteiger charge is 2.34. The lowest BCUT2D eigenvalue weighted by molar-refractivity contribution is 0.0600. The van der Waals surface area contributed by atoms with E-state index in [2.05, 4.69) is 21.8 Å². The van der Waals surface area contributed by atoms with Crippen molar-refractivity contribution in [1.29, 1.82) is 0 Å². The van der Waals surface area contributed by atoms with E-state index in [9.17, 15) is 4.79 Å². The molecule has 0 amide bonds. The van der Waals surface area contributed by atoms with E-state index in [-0.39, 0.29) is 5.97 Å². The summed E-state index contributed by atoms with van der Waals surface area (Å²) in [5.41, 5.74) is 1.53. The number of aromatic nitrogens is 1. The van der Waals surface area contributed by atoms with Gasteiger partial charge in [0.05, 0.1) is 18.4 Å². The summed E-state index contributed by atoms with van der Waals surface area (Å²) in [6.45, 7) is 3.11. The fourth-order valence-electron chi connectivity index (χ4n) is 3.51. The van der Waals surface area contributed by atoms with Crippen molar-refractivity contribution in [2.45, 2.75) is 37.9 Å². The number of carbonyl (C=O) groups is 1. The number of carbonyl (C=O) groups excluding carboxylic acids is 1. The van der Waals surface area contributed by atoms with Crippen molar-refractivity contribution in [3.63, 3.8) is 0 Å². The highest BCUT2D eigenvalue weighted by atomic mass is 16.5. The monoisotopic (exact) mass is 289 g/mol. The molecule has 0 aliphatic carbocycles. The molecule has 1 aromatic rings. The maximum atomic E-state index is 11.4. The first-order valence-corrected chi connectivity index (χ1v) is 7.65. The molecule has 2 fully saturated rings. The summed E-state index contributed by atoms with van der Waals surface area (Å²) in [5, 5.41) is 0. The number of pyridine rings is 1. The molecule has 114 valence electrons. The van der Waals surface area contributed by atoms with Gasteiger partial charge in [-0.3, -0.25) is 14.8 Å². The molecule has 2 aliphatic rings. The molecule has 3 heterocycles. The summed E-state index contributed by atoms with van der Waals surface area (Å²) >= 11 is 0. The van der Waals surface area contributed by atoms with Crippen LogP contribution in [0, 0.1) is 0 Å². The Hall–Kier alpha value is -1.46. The summed E-state index contributed by atoms with van der Waals surface area (Å²) in [5.74, 6) is -0.331. The third-order valence-electron chi connectivity index (χ3n) is 4.86. The van der Waals surface area contributed by atoms with E-state index in [0.29, 0.717) is 11.6 Å². The van der Waals surface area contributed by atoms with Gasteiger partial charge >= 0.3 is 5.97 Å². The Morgan fingerprint density at radius 2 is 2.14 bits per heavy atom. The molecule has 2 unspecified atom stereocenters. The highest BCUT2D eigenvalue weighted by Crippen LogP contribution is 2.28. The minimum Gasteiger partial charge on any atom is -0.465 e. The molecule has 2 bridgehead atoms. The second kappa shape index (κ2) is 6.12. The van der Waals surface area contributed by atoms with Gasteiger partial charge in [0, 0.05) is 37.9 Å². The molecular formula is C16H23N3O2. The predicted molar refractivity (Wildman–Crippen MR) is 80.0 cm³/mol. The first-order valence-electron chi connectivity index (χ1n) is 7.65. The van der Waals surface area contributed by atoms with Gasteiger partial charge in [-0.05, 0) is 38.4 Å². The average Bonchev–Trinajstić information content (AvgIpc) is 2.75. The zero-order valence-corrected chi connectivity index (χ0v) is 12.8. The molecule has 2 aliphatic heterocycles. The second-order valence-corrected chi connectivity index (χ2v) is 6.10. The fraction of sp³-hybridized carbons (Fsp3) is 0.625. The number of hydrogen-bond donors (Lipinski definition) is 0. The van der Waals surface area contributed by atoms with Crippen molar-refractivity contribution < 1.29 is 9.53 Å². The summed E-state index contributed by atoms with van der Waals surface area (Å²) in [6, 6.07) is 5.17. The van der Waals surface area contributed by atoms with Gasteiger partial charge in [0.25, 0.3) is 0 Å². The molecule has 5 nitrogen and oxygen atoms in total. The molecule has 0 N–H and O–H groups in total. The molecule has 0 aromatic carbocycles. The Bertz CT molecular complexity index is 503. The van der Waals surface area contributed by atoms with Crippen LogP contribution in [0.1, 0.15) is 35.3 Å². The van der Waals surface area contributed by atoms with Crippen LogP contribution in [0.2, 0.25) is 0 Å². The van der Waals surface area contributed by atoms with Crippen molar-refractivity contribution in [1.82, 2.24) is 14.8 Å². The zero-order chi connectivity index (χ0) is 14.8. The van der Waals surface area contributed by atoms with E-state index in [0.717, 1.165) is 31.4 Å². The van der Waals surface area contributed by atoms with Crippen molar-refractivity contribution in [3.8, 4) is 0 Å². The number of esters is 1. The first kappa shape index (κ1) is 14.5. The van der Waals surface area contributed by atoms with Gasteiger partial charge in [0.15, 0.2) is 0 Å². The number of ether oxygens (including phenoxy) is 1. The Balaban J connectivity index is 1.63. The van der Waals surface area contributed by atoms with E-state index in [1.165, 1.54) is 26.4 Å².